The Morgan fingerprint density at radius 2 is 1.53 bits per heavy atom. The molecule has 36 heavy (non-hydrogen) atoms. The molecule has 0 unspecified atom stereocenters. The first-order valence-electron chi connectivity index (χ1n) is 11.9. The Kier molecular flexibility index (Phi) is 5.68. The molecule has 0 atom stereocenters. The Hall–Kier alpha value is -4.84. The van der Waals surface area contributed by atoms with Crippen LogP contribution in [0.15, 0.2) is 103 Å². The molecule has 6 heteroatoms. The summed E-state index contributed by atoms with van der Waals surface area (Å²) in [5.74, 6) is 0.807. The minimum Gasteiger partial charge on any atom is -0.342 e. The maximum atomic E-state index is 13.3. The van der Waals surface area contributed by atoms with E-state index in [1.807, 2.05) is 91.0 Å². The number of carbonyl (C=O) groups excluding carboxylic acids is 1. The Balaban J connectivity index is 1.19. The molecule has 6 nitrogen and oxygen atoms in total. The van der Waals surface area contributed by atoms with Crippen molar-refractivity contribution in [3.8, 4) is 11.3 Å². The van der Waals surface area contributed by atoms with E-state index in [4.69, 9.17) is 4.98 Å². The van der Waals surface area contributed by atoms with Crippen LogP contribution in [0.1, 0.15) is 21.7 Å². The van der Waals surface area contributed by atoms with Gasteiger partial charge in [0.05, 0.1) is 27.8 Å². The number of imidazole rings is 1. The molecule has 6 rings (SSSR count). The van der Waals surface area contributed by atoms with E-state index in [0.29, 0.717) is 5.56 Å². The van der Waals surface area contributed by atoms with Gasteiger partial charge >= 0.3 is 0 Å². The zero-order valence-electron chi connectivity index (χ0n) is 19.5. The van der Waals surface area contributed by atoms with Crippen LogP contribution in [-0.2, 0) is 12.8 Å². The lowest BCUT2D eigenvalue weighted by molar-refractivity contribution is 0.102. The van der Waals surface area contributed by atoms with Crippen molar-refractivity contribution >= 4 is 33.5 Å². The lowest BCUT2D eigenvalue weighted by atomic mass is 10.0. The van der Waals surface area contributed by atoms with Gasteiger partial charge in [-0.25, -0.2) is 9.97 Å². The number of amides is 1. The van der Waals surface area contributed by atoms with Gasteiger partial charge in [0, 0.05) is 35.5 Å². The Morgan fingerprint density at radius 1 is 0.778 bits per heavy atom. The third kappa shape index (κ3) is 4.44. The fourth-order valence-corrected chi connectivity index (χ4v) is 4.37. The summed E-state index contributed by atoms with van der Waals surface area (Å²) in [5.41, 5.74) is 6.99. The maximum Gasteiger partial charge on any atom is 0.256 e. The summed E-state index contributed by atoms with van der Waals surface area (Å²) in [5, 5.41) is 3.87. The predicted octanol–water partition coefficient (Wildman–Crippen LogP) is 6.21. The monoisotopic (exact) mass is 469 g/mol. The number of aryl methyl sites for hydroxylation is 2. The van der Waals surface area contributed by atoms with Crippen LogP contribution >= 0.6 is 0 Å². The van der Waals surface area contributed by atoms with E-state index in [9.17, 15) is 4.79 Å². The van der Waals surface area contributed by atoms with Crippen molar-refractivity contribution in [2.45, 2.75) is 12.8 Å². The average Bonchev–Trinajstić information content (AvgIpc) is 3.36. The van der Waals surface area contributed by atoms with Gasteiger partial charge in [0.25, 0.3) is 5.91 Å². The highest BCUT2D eigenvalue weighted by atomic mass is 16.1. The lowest BCUT2D eigenvalue weighted by Gasteiger charge is -2.11. The average molecular weight is 470 g/mol. The molecule has 0 aliphatic heterocycles. The number of para-hydroxylation sites is 3. The number of benzene rings is 3. The van der Waals surface area contributed by atoms with Crippen molar-refractivity contribution in [3.63, 3.8) is 0 Å². The first-order valence-corrected chi connectivity index (χ1v) is 11.9. The Morgan fingerprint density at radius 3 is 2.33 bits per heavy atom. The van der Waals surface area contributed by atoms with Crippen molar-refractivity contribution < 1.29 is 4.79 Å². The van der Waals surface area contributed by atoms with Crippen LogP contribution in [0.3, 0.4) is 0 Å². The van der Waals surface area contributed by atoms with Crippen molar-refractivity contribution in [1.82, 2.24) is 19.9 Å². The number of hydrogen-bond donors (Lipinski definition) is 2. The van der Waals surface area contributed by atoms with Gasteiger partial charge in [-0.15, -0.1) is 0 Å². The molecule has 0 radical (unpaired) electrons. The van der Waals surface area contributed by atoms with Crippen molar-refractivity contribution in [2.24, 2.45) is 0 Å². The number of nitrogens with zero attached hydrogens (tertiary/aromatic N) is 3. The number of fused-ring (bicyclic) bond motifs is 2. The summed E-state index contributed by atoms with van der Waals surface area (Å²) >= 11 is 0. The highest BCUT2D eigenvalue weighted by Gasteiger charge is 2.14. The summed E-state index contributed by atoms with van der Waals surface area (Å²) in [6, 6.07) is 29.4. The molecule has 0 aliphatic carbocycles. The Bertz CT molecular complexity index is 1640. The molecule has 2 N–H and O–H groups in total. The van der Waals surface area contributed by atoms with Gasteiger partial charge in [0.2, 0.25) is 0 Å². The zero-order chi connectivity index (χ0) is 24.3. The number of aromatic nitrogens is 4. The minimum atomic E-state index is -0.168. The summed E-state index contributed by atoms with van der Waals surface area (Å²) in [4.78, 5) is 30.2. The molecule has 6 aromatic rings. The van der Waals surface area contributed by atoms with E-state index in [1.165, 1.54) is 5.56 Å². The molecule has 0 saturated heterocycles. The Labute approximate surface area is 208 Å². The van der Waals surface area contributed by atoms with E-state index >= 15 is 0 Å². The highest BCUT2D eigenvalue weighted by molar-refractivity contribution is 6.13. The van der Waals surface area contributed by atoms with Gasteiger partial charge < -0.3 is 10.3 Å². The van der Waals surface area contributed by atoms with Gasteiger partial charge in [0.15, 0.2) is 0 Å². The number of rotatable bonds is 6. The van der Waals surface area contributed by atoms with Crippen molar-refractivity contribution in [3.05, 3.63) is 120 Å². The van der Waals surface area contributed by atoms with E-state index < -0.39 is 0 Å². The van der Waals surface area contributed by atoms with Crippen LogP contribution in [-0.4, -0.2) is 25.8 Å². The van der Waals surface area contributed by atoms with Crippen LogP contribution in [0.2, 0.25) is 0 Å². The fraction of sp³-hybridized carbons (Fsp3) is 0.0667. The summed E-state index contributed by atoms with van der Waals surface area (Å²) in [6.45, 7) is 0. The second-order valence-electron chi connectivity index (χ2n) is 8.66. The number of carbonyl (C=O) groups is 1. The molecule has 0 fully saturated rings. The molecule has 0 bridgehead atoms. The van der Waals surface area contributed by atoms with Crippen molar-refractivity contribution in [2.75, 3.05) is 5.32 Å². The molecular formula is C30H23N5O. The molecule has 174 valence electrons. The van der Waals surface area contributed by atoms with Crippen molar-refractivity contribution in [1.29, 1.82) is 0 Å². The summed E-state index contributed by atoms with van der Waals surface area (Å²) in [7, 11) is 0. The molecule has 3 aromatic carbocycles. The van der Waals surface area contributed by atoms with Gasteiger partial charge in [-0.1, -0.05) is 42.5 Å². The normalized spacial score (nSPS) is 11.1. The van der Waals surface area contributed by atoms with Crippen LogP contribution < -0.4 is 5.32 Å². The predicted molar refractivity (Wildman–Crippen MR) is 143 cm³/mol. The SMILES string of the molecule is O=C(Nc1ccc(CCc2nc3ccccc3[nH]2)cc1)c1cc(-c2ccncc2)nc2ccccc12. The topological polar surface area (TPSA) is 83.6 Å². The third-order valence-corrected chi connectivity index (χ3v) is 6.24. The highest BCUT2D eigenvalue weighted by Crippen LogP contribution is 2.25. The number of aromatic amines is 1. The molecule has 3 heterocycles. The lowest BCUT2D eigenvalue weighted by Crippen LogP contribution is -2.13. The smallest absolute Gasteiger partial charge is 0.256 e. The van der Waals surface area contributed by atoms with E-state index in [-0.39, 0.29) is 5.91 Å². The number of H-pyrrole nitrogens is 1. The first kappa shape index (κ1) is 21.7. The standard InChI is InChI=1S/C30H23N5O/c36-30(24-19-28(21-15-17-31-18-16-21)33-25-6-2-1-5-23(24)25)32-22-12-9-20(10-13-22)11-14-29-34-26-7-3-4-8-27(26)35-29/h1-10,12-13,15-19H,11,14H2,(H,32,36)(H,34,35). The number of anilines is 1. The first-order chi connectivity index (χ1) is 17.7. The molecule has 1 amide bonds. The van der Waals surface area contributed by atoms with Gasteiger partial charge in [-0.05, 0) is 60.5 Å². The van der Waals surface area contributed by atoms with Gasteiger partial charge in [-0.2, -0.15) is 0 Å². The maximum absolute atomic E-state index is 13.3. The summed E-state index contributed by atoms with van der Waals surface area (Å²) in [6.07, 6.45) is 5.13. The quantitative estimate of drug-likeness (QED) is 0.304. The van der Waals surface area contributed by atoms with Gasteiger partial charge in [-0.3, -0.25) is 9.78 Å². The van der Waals surface area contributed by atoms with E-state index in [1.54, 1.807) is 12.4 Å². The third-order valence-electron chi connectivity index (χ3n) is 6.24. The largest absolute Gasteiger partial charge is 0.342 e. The van der Waals surface area contributed by atoms with Gasteiger partial charge in [0.1, 0.15) is 5.82 Å². The fourth-order valence-electron chi connectivity index (χ4n) is 4.37. The molecular weight excluding hydrogens is 446 g/mol. The zero-order valence-corrected chi connectivity index (χ0v) is 19.5. The number of hydrogen-bond acceptors (Lipinski definition) is 4. The summed E-state index contributed by atoms with van der Waals surface area (Å²) < 4.78 is 0. The minimum absolute atomic E-state index is 0.168. The molecule has 0 aliphatic rings. The van der Waals surface area contributed by atoms with Crippen LogP contribution in [0.25, 0.3) is 33.2 Å². The number of nitrogens with one attached hydrogen (secondary N) is 2. The van der Waals surface area contributed by atoms with Crippen LogP contribution in [0.4, 0.5) is 5.69 Å². The number of pyridine rings is 2. The molecule has 0 saturated carbocycles. The van der Waals surface area contributed by atoms with Crippen LogP contribution in [0.5, 0.6) is 0 Å². The molecule has 3 aromatic heterocycles. The second kappa shape index (κ2) is 9.43. The second-order valence-corrected chi connectivity index (χ2v) is 8.66. The van der Waals surface area contributed by atoms with E-state index in [2.05, 4.69) is 20.3 Å². The van der Waals surface area contributed by atoms with E-state index in [0.717, 1.165) is 57.5 Å². The van der Waals surface area contributed by atoms with Crippen LogP contribution in [0, 0.1) is 0 Å². The molecule has 0 spiro atoms.